The maximum absolute atomic E-state index is 14.6. The van der Waals surface area contributed by atoms with Gasteiger partial charge in [0.25, 0.3) is 5.91 Å². The number of rotatable bonds is 16. The Hall–Kier alpha value is -5.98. The second kappa shape index (κ2) is 16.9. The van der Waals surface area contributed by atoms with Gasteiger partial charge in [0.15, 0.2) is 11.6 Å². The van der Waals surface area contributed by atoms with Crippen LogP contribution in [-0.2, 0) is 35.6 Å². The van der Waals surface area contributed by atoms with E-state index in [1.165, 1.54) is 0 Å². The van der Waals surface area contributed by atoms with Gasteiger partial charge in [0.2, 0.25) is 5.90 Å². The maximum Gasteiger partial charge on any atom is 0.266 e. The molecule has 4 aromatic carbocycles. The topological polar surface area (TPSA) is 190 Å². The molecule has 0 saturated heterocycles. The van der Waals surface area contributed by atoms with E-state index in [2.05, 4.69) is 30.9 Å². The Balaban J connectivity index is 1.61. The summed E-state index contributed by atoms with van der Waals surface area (Å²) in [7, 11) is 0. The van der Waals surface area contributed by atoms with Crippen LogP contribution in [0.3, 0.4) is 0 Å². The number of ether oxygens (including phenoxy) is 2. The Labute approximate surface area is 285 Å². The first-order valence-electron chi connectivity index (χ1n) is 15.6. The Bertz CT molecular complexity index is 1930. The third-order valence-electron chi connectivity index (χ3n) is 7.97. The second-order valence-corrected chi connectivity index (χ2v) is 11.3. The van der Waals surface area contributed by atoms with Crippen molar-refractivity contribution in [2.75, 3.05) is 13.2 Å². The van der Waals surface area contributed by atoms with Gasteiger partial charge in [-0.15, -0.1) is 0 Å². The summed E-state index contributed by atoms with van der Waals surface area (Å²) >= 11 is 0. The molecule has 1 aliphatic heterocycles. The number of carbonyl (C=O) groups is 1. The molecule has 0 saturated carbocycles. The van der Waals surface area contributed by atoms with Gasteiger partial charge in [-0.2, -0.15) is 0 Å². The molecular formula is C35H33F2N9O4. The van der Waals surface area contributed by atoms with Crippen molar-refractivity contribution in [1.82, 2.24) is 10.9 Å². The van der Waals surface area contributed by atoms with Crippen molar-refractivity contribution in [3.8, 4) is 5.75 Å². The summed E-state index contributed by atoms with van der Waals surface area (Å²) in [4.78, 5) is 25.4. The maximum atomic E-state index is 14.6. The highest BCUT2D eigenvalue weighted by Crippen LogP contribution is 2.44. The molecule has 1 aliphatic rings. The SMILES string of the molecule is [N-]=[N+]=NCc1ccccc1C[C@]1(C(=O)NNCc2cc(F)cc(F)c2)N=C(c2ccc(OCCCO)cc2)O[C@H]1c1ccccc1CN=[N+]=[N-]. The zero-order valence-electron chi connectivity index (χ0n) is 26.7. The van der Waals surface area contributed by atoms with E-state index < -0.39 is 29.2 Å². The molecule has 4 aromatic rings. The quantitative estimate of drug-likeness (QED) is 0.0391. The molecule has 256 valence electrons. The van der Waals surface area contributed by atoms with Gasteiger partial charge in [-0.1, -0.05) is 58.8 Å². The zero-order chi connectivity index (χ0) is 35.3. The molecule has 15 heteroatoms. The van der Waals surface area contributed by atoms with Gasteiger partial charge in [-0.05, 0) is 75.3 Å². The number of hydrazine groups is 1. The van der Waals surface area contributed by atoms with Crippen LogP contribution in [-0.4, -0.2) is 35.7 Å². The number of benzene rings is 4. The molecule has 1 amide bonds. The van der Waals surface area contributed by atoms with Gasteiger partial charge in [0, 0.05) is 47.4 Å². The number of aliphatic hydroxyl groups excluding tert-OH is 1. The normalized spacial score (nSPS) is 16.4. The molecule has 0 spiro atoms. The fraction of sp³-hybridized carbons (Fsp3) is 0.257. The number of hydrogen-bond acceptors (Lipinski definition) is 8. The Morgan fingerprint density at radius 2 is 1.56 bits per heavy atom. The molecule has 5 rings (SSSR count). The number of nitrogens with zero attached hydrogens (tertiary/aromatic N) is 7. The molecule has 1 heterocycles. The van der Waals surface area contributed by atoms with Crippen molar-refractivity contribution in [1.29, 1.82) is 0 Å². The highest BCUT2D eigenvalue weighted by Gasteiger charge is 2.54. The largest absolute Gasteiger partial charge is 0.494 e. The van der Waals surface area contributed by atoms with Crippen molar-refractivity contribution >= 4 is 11.8 Å². The summed E-state index contributed by atoms with van der Waals surface area (Å²) in [5.41, 5.74) is 25.1. The third-order valence-corrected chi connectivity index (χ3v) is 7.97. The highest BCUT2D eigenvalue weighted by molar-refractivity contribution is 6.01. The van der Waals surface area contributed by atoms with Crippen molar-refractivity contribution < 1.29 is 28.2 Å². The van der Waals surface area contributed by atoms with Crippen LogP contribution in [0.5, 0.6) is 5.75 Å². The average molecular weight is 682 g/mol. The first-order chi connectivity index (χ1) is 24.4. The number of azide groups is 2. The molecule has 0 bridgehead atoms. The summed E-state index contributed by atoms with van der Waals surface area (Å²) in [5.74, 6) is -1.45. The van der Waals surface area contributed by atoms with E-state index in [0.29, 0.717) is 46.6 Å². The van der Waals surface area contributed by atoms with Crippen LogP contribution in [0.4, 0.5) is 8.78 Å². The van der Waals surface area contributed by atoms with Gasteiger partial charge in [0.1, 0.15) is 17.4 Å². The lowest BCUT2D eigenvalue weighted by Crippen LogP contribution is -2.54. The van der Waals surface area contributed by atoms with E-state index in [9.17, 15) is 13.6 Å². The summed E-state index contributed by atoms with van der Waals surface area (Å²) in [6.45, 7) is 0.190. The van der Waals surface area contributed by atoms with Gasteiger partial charge in [-0.3, -0.25) is 10.2 Å². The fourth-order valence-electron chi connectivity index (χ4n) is 5.63. The molecule has 2 atom stereocenters. The van der Waals surface area contributed by atoms with Crippen LogP contribution in [0, 0.1) is 11.6 Å². The van der Waals surface area contributed by atoms with Gasteiger partial charge in [-0.25, -0.2) is 19.2 Å². The first-order valence-corrected chi connectivity index (χ1v) is 15.6. The minimum Gasteiger partial charge on any atom is -0.494 e. The lowest BCUT2D eigenvalue weighted by atomic mass is 9.80. The molecular weight excluding hydrogens is 648 g/mol. The van der Waals surface area contributed by atoms with Crippen molar-refractivity contribution in [2.24, 2.45) is 15.2 Å². The molecule has 0 aromatic heterocycles. The van der Waals surface area contributed by atoms with E-state index in [0.717, 1.165) is 18.2 Å². The Morgan fingerprint density at radius 3 is 2.24 bits per heavy atom. The average Bonchev–Trinajstić information content (AvgIpc) is 3.50. The number of nitrogens with one attached hydrogen (secondary N) is 2. The van der Waals surface area contributed by atoms with E-state index in [1.54, 1.807) is 72.8 Å². The predicted molar refractivity (Wildman–Crippen MR) is 180 cm³/mol. The third kappa shape index (κ3) is 8.53. The number of aliphatic hydroxyl groups is 1. The predicted octanol–water partition coefficient (Wildman–Crippen LogP) is 6.67. The van der Waals surface area contributed by atoms with Crippen LogP contribution >= 0.6 is 0 Å². The van der Waals surface area contributed by atoms with Crippen LogP contribution in [0.2, 0.25) is 0 Å². The van der Waals surface area contributed by atoms with Crippen molar-refractivity contribution in [3.63, 3.8) is 0 Å². The number of hydrogen-bond donors (Lipinski definition) is 3. The molecule has 13 nitrogen and oxygen atoms in total. The summed E-state index contributed by atoms with van der Waals surface area (Å²) in [6, 6.07) is 24.2. The number of amides is 1. The van der Waals surface area contributed by atoms with E-state index >= 15 is 0 Å². The van der Waals surface area contributed by atoms with Gasteiger partial charge in [0.05, 0.1) is 19.7 Å². The number of aliphatic imine (C=N–C) groups is 1. The standard InChI is InChI=1S/C35H33F2N9O4/c36-28-16-23(17-29(37)18-28)20-40-44-34(48)35(19-25-6-1-2-7-26(25)21-41-45-38)32(31-9-4-3-8-27(31)22-42-46-39)50-33(43-35)24-10-12-30(13-11-24)49-15-5-14-47/h1-4,6-13,16-18,32,40,47H,5,14-15,19-22H2,(H,44,48)/t32-,35-/m0/s1. The van der Waals surface area contributed by atoms with Gasteiger partial charge < -0.3 is 14.6 Å². The van der Waals surface area contributed by atoms with Crippen molar-refractivity contribution in [2.45, 2.75) is 44.1 Å². The summed E-state index contributed by atoms with van der Waals surface area (Å²) in [5, 5.41) is 16.6. The zero-order valence-corrected chi connectivity index (χ0v) is 26.7. The minimum absolute atomic E-state index is 0.00458. The molecule has 0 fully saturated rings. The van der Waals surface area contributed by atoms with Crippen molar-refractivity contribution in [3.05, 3.63) is 157 Å². The van der Waals surface area contributed by atoms with E-state index in [-0.39, 0.29) is 44.1 Å². The number of carbonyl (C=O) groups excluding carboxylic acids is 1. The fourth-order valence-corrected chi connectivity index (χ4v) is 5.63. The number of halogens is 2. The van der Waals surface area contributed by atoms with E-state index in [1.807, 2.05) is 0 Å². The molecule has 0 radical (unpaired) electrons. The minimum atomic E-state index is -1.72. The second-order valence-electron chi connectivity index (χ2n) is 11.3. The molecule has 0 unspecified atom stereocenters. The molecule has 50 heavy (non-hydrogen) atoms. The van der Waals surface area contributed by atoms with Crippen LogP contribution in [0.25, 0.3) is 20.9 Å². The summed E-state index contributed by atoms with van der Waals surface area (Å²) < 4.78 is 40.1. The molecule has 0 aliphatic carbocycles. The van der Waals surface area contributed by atoms with Gasteiger partial charge >= 0.3 is 0 Å². The smallest absolute Gasteiger partial charge is 0.266 e. The lowest BCUT2D eigenvalue weighted by Gasteiger charge is -2.32. The Kier molecular flexibility index (Phi) is 11.9. The van der Waals surface area contributed by atoms with Crippen LogP contribution < -0.4 is 15.6 Å². The Morgan fingerprint density at radius 1 is 0.920 bits per heavy atom. The van der Waals surface area contributed by atoms with E-state index in [4.69, 9.17) is 30.6 Å². The molecule has 3 N–H and O–H groups in total. The highest BCUT2D eigenvalue weighted by atomic mass is 19.1. The first kappa shape index (κ1) is 35.3. The summed E-state index contributed by atoms with van der Waals surface area (Å²) in [6.07, 6.45) is -0.627. The lowest BCUT2D eigenvalue weighted by molar-refractivity contribution is -0.130. The monoisotopic (exact) mass is 681 g/mol. The van der Waals surface area contributed by atoms with Crippen LogP contribution in [0.15, 0.2) is 106 Å². The van der Waals surface area contributed by atoms with Crippen LogP contribution in [0.1, 0.15) is 45.9 Å².